The summed E-state index contributed by atoms with van der Waals surface area (Å²) < 4.78 is 25.6. The Morgan fingerprint density at radius 3 is 2.70 bits per heavy atom. The number of nitrogens with one attached hydrogen (secondary N) is 3. The molecular formula is C22H24N4O3S. The molecule has 2 fully saturated rings. The summed E-state index contributed by atoms with van der Waals surface area (Å²) in [5, 5.41) is 18.7. The topological polar surface area (TPSA) is 111 Å². The van der Waals surface area contributed by atoms with Crippen molar-refractivity contribution in [2.45, 2.75) is 41.3 Å². The van der Waals surface area contributed by atoms with Gasteiger partial charge in [-0.25, -0.2) is 8.42 Å². The van der Waals surface area contributed by atoms with Gasteiger partial charge in [-0.3, -0.25) is 4.79 Å². The van der Waals surface area contributed by atoms with Crippen molar-refractivity contribution in [1.82, 2.24) is 16.0 Å². The Hall–Kier alpha value is -2.73. The minimum absolute atomic E-state index is 0.0191. The zero-order valence-electron chi connectivity index (χ0n) is 16.5. The van der Waals surface area contributed by atoms with E-state index in [2.05, 4.69) is 16.0 Å². The molecule has 4 rings (SSSR count). The van der Waals surface area contributed by atoms with E-state index in [-0.39, 0.29) is 21.7 Å². The lowest BCUT2D eigenvalue weighted by Gasteiger charge is -2.25. The second-order valence-corrected chi connectivity index (χ2v) is 9.77. The standard InChI is InChI=1S/C22H24N4O3S/c23-12-16-2-1-3-19(10-16)30(28,29)18-6-4-15(5-7-18)13-25-22(27)21-11-17-14-24-9-8-20(17)26-21/h1-7,10,17,20-21,24,26H,8-9,11,13-14H2,(H,25,27). The highest BCUT2D eigenvalue weighted by molar-refractivity contribution is 7.91. The maximum Gasteiger partial charge on any atom is 0.237 e. The lowest BCUT2D eigenvalue weighted by atomic mass is 9.94. The summed E-state index contributed by atoms with van der Waals surface area (Å²) >= 11 is 0. The van der Waals surface area contributed by atoms with Crippen molar-refractivity contribution in [3.05, 3.63) is 59.7 Å². The lowest BCUT2D eigenvalue weighted by molar-refractivity contribution is -0.123. The molecule has 2 heterocycles. The lowest BCUT2D eigenvalue weighted by Crippen LogP contribution is -2.45. The van der Waals surface area contributed by atoms with E-state index in [0.717, 1.165) is 31.5 Å². The molecule has 0 spiro atoms. The number of rotatable bonds is 5. The quantitative estimate of drug-likeness (QED) is 0.668. The molecule has 30 heavy (non-hydrogen) atoms. The number of hydrogen-bond acceptors (Lipinski definition) is 6. The third-order valence-corrected chi connectivity index (χ3v) is 7.62. The predicted octanol–water partition coefficient (Wildman–Crippen LogP) is 1.35. The second kappa shape index (κ2) is 8.56. The monoisotopic (exact) mass is 424 g/mol. The van der Waals surface area contributed by atoms with Gasteiger partial charge in [0.15, 0.2) is 0 Å². The Morgan fingerprint density at radius 1 is 1.17 bits per heavy atom. The predicted molar refractivity (Wildman–Crippen MR) is 111 cm³/mol. The highest BCUT2D eigenvalue weighted by atomic mass is 32.2. The Kier molecular flexibility index (Phi) is 5.86. The highest BCUT2D eigenvalue weighted by Crippen LogP contribution is 2.25. The first-order chi connectivity index (χ1) is 14.5. The number of sulfone groups is 1. The van der Waals surface area contributed by atoms with Crippen molar-refractivity contribution >= 4 is 15.7 Å². The zero-order chi connectivity index (χ0) is 21.1. The molecule has 0 aliphatic carbocycles. The van der Waals surface area contributed by atoms with Gasteiger partial charge >= 0.3 is 0 Å². The van der Waals surface area contributed by atoms with Gasteiger partial charge in [0.1, 0.15) is 0 Å². The average Bonchev–Trinajstić information content (AvgIpc) is 3.22. The van der Waals surface area contributed by atoms with Gasteiger partial charge in [0, 0.05) is 12.6 Å². The van der Waals surface area contributed by atoms with E-state index in [4.69, 9.17) is 5.26 Å². The van der Waals surface area contributed by atoms with Crippen LogP contribution < -0.4 is 16.0 Å². The number of amides is 1. The van der Waals surface area contributed by atoms with Gasteiger partial charge in [-0.1, -0.05) is 18.2 Å². The number of carbonyl (C=O) groups excluding carboxylic acids is 1. The van der Waals surface area contributed by atoms with Crippen LogP contribution in [0.1, 0.15) is 24.0 Å². The molecule has 3 atom stereocenters. The van der Waals surface area contributed by atoms with E-state index >= 15 is 0 Å². The van der Waals surface area contributed by atoms with Crippen molar-refractivity contribution in [2.75, 3.05) is 13.1 Å². The molecule has 0 bridgehead atoms. The van der Waals surface area contributed by atoms with E-state index in [1.54, 1.807) is 24.3 Å². The molecule has 7 nitrogen and oxygen atoms in total. The smallest absolute Gasteiger partial charge is 0.237 e. The maximum absolute atomic E-state index is 12.8. The minimum atomic E-state index is -3.70. The van der Waals surface area contributed by atoms with E-state index in [1.165, 1.54) is 24.3 Å². The van der Waals surface area contributed by atoms with Gasteiger partial charge in [0.2, 0.25) is 15.7 Å². The second-order valence-electron chi connectivity index (χ2n) is 7.82. The van der Waals surface area contributed by atoms with Gasteiger partial charge in [0.05, 0.1) is 27.5 Å². The first-order valence-electron chi connectivity index (χ1n) is 10.1. The Balaban J connectivity index is 1.38. The van der Waals surface area contributed by atoms with Gasteiger partial charge in [-0.05, 0) is 67.7 Å². The molecule has 2 aromatic rings. The first-order valence-corrected chi connectivity index (χ1v) is 11.5. The van der Waals surface area contributed by atoms with Gasteiger partial charge in [-0.2, -0.15) is 5.26 Å². The summed E-state index contributed by atoms with van der Waals surface area (Å²) in [6.45, 7) is 2.28. The number of fused-ring (bicyclic) bond motifs is 1. The fraction of sp³-hybridized carbons (Fsp3) is 0.364. The third-order valence-electron chi connectivity index (χ3n) is 5.85. The number of nitriles is 1. The van der Waals surface area contributed by atoms with Crippen LogP contribution in [0.15, 0.2) is 58.3 Å². The number of piperidine rings is 1. The zero-order valence-corrected chi connectivity index (χ0v) is 17.3. The van der Waals surface area contributed by atoms with Crippen molar-refractivity contribution in [1.29, 1.82) is 5.26 Å². The molecule has 2 aliphatic heterocycles. The largest absolute Gasteiger partial charge is 0.351 e. The molecule has 2 aromatic carbocycles. The molecule has 8 heteroatoms. The van der Waals surface area contributed by atoms with Crippen LogP contribution in [0.4, 0.5) is 0 Å². The van der Waals surface area contributed by atoms with Crippen LogP contribution in [0.2, 0.25) is 0 Å². The Bertz CT molecular complexity index is 1060. The summed E-state index contributed by atoms with van der Waals surface area (Å²) in [5.74, 6) is 0.480. The Morgan fingerprint density at radius 2 is 1.97 bits per heavy atom. The molecule has 2 saturated heterocycles. The fourth-order valence-corrected chi connectivity index (χ4v) is 5.48. The van der Waals surface area contributed by atoms with E-state index in [0.29, 0.717) is 24.1 Å². The van der Waals surface area contributed by atoms with E-state index in [1.807, 2.05) is 6.07 Å². The molecule has 3 unspecified atom stereocenters. The third kappa shape index (κ3) is 4.24. The van der Waals surface area contributed by atoms with Crippen LogP contribution in [0.25, 0.3) is 0 Å². The molecular weight excluding hydrogens is 400 g/mol. The van der Waals surface area contributed by atoms with Crippen molar-refractivity contribution in [2.24, 2.45) is 5.92 Å². The van der Waals surface area contributed by atoms with Gasteiger partial charge < -0.3 is 16.0 Å². The molecule has 0 radical (unpaired) electrons. The summed E-state index contributed by atoms with van der Waals surface area (Å²) in [5.41, 5.74) is 1.12. The summed E-state index contributed by atoms with van der Waals surface area (Å²) in [6, 6.07) is 14.6. The fourth-order valence-electron chi connectivity index (χ4n) is 4.17. The molecule has 1 amide bonds. The summed E-state index contributed by atoms with van der Waals surface area (Å²) in [4.78, 5) is 12.8. The Labute approximate surface area is 176 Å². The van der Waals surface area contributed by atoms with Crippen molar-refractivity contribution < 1.29 is 13.2 Å². The summed E-state index contributed by atoms with van der Waals surface area (Å²) in [6.07, 6.45) is 1.88. The molecule has 0 saturated carbocycles. The van der Waals surface area contributed by atoms with Crippen molar-refractivity contribution in [3.8, 4) is 6.07 Å². The molecule has 0 aromatic heterocycles. The number of carbonyl (C=O) groups is 1. The van der Waals surface area contributed by atoms with Crippen LogP contribution in [-0.4, -0.2) is 39.5 Å². The number of nitrogens with zero attached hydrogens (tertiary/aromatic N) is 1. The molecule has 156 valence electrons. The number of benzene rings is 2. The van der Waals surface area contributed by atoms with Crippen LogP contribution >= 0.6 is 0 Å². The SMILES string of the molecule is N#Cc1cccc(S(=O)(=O)c2ccc(CNC(=O)C3CC4CNCCC4N3)cc2)c1. The maximum atomic E-state index is 12.8. The first kappa shape index (κ1) is 20.5. The van der Waals surface area contributed by atoms with E-state index in [9.17, 15) is 13.2 Å². The van der Waals surface area contributed by atoms with Crippen molar-refractivity contribution in [3.63, 3.8) is 0 Å². The highest BCUT2D eigenvalue weighted by Gasteiger charge is 2.38. The molecule has 3 N–H and O–H groups in total. The van der Waals surface area contributed by atoms with Crippen LogP contribution in [-0.2, 0) is 21.2 Å². The number of hydrogen-bond donors (Lipinski definition) is 3. The van der Waals surface area contributed by atoms with Crippen LogP contribution in [0.5, 0.6) is 0 Å². The molecule has 2 aliphatic rings. The van der Waals surface area contributed by atoms with Gasteiger partial charge in [-0.15, -0.1) is 0 Å². The van der Waals surface area contributed by atoms with Gasteiger partial charge in [0.25, 0.3) is 0 Å². The normalized spacial score (nSPS) is 23.4. The average molecular weight is 425 g/mol. The van der Waals surface area contributed by atoms with E-state index < -0.39 is 9.84 Å². The summed E-state index contributed by atoms with van der Waals surface area (Å²) in [7, 11) is -3.70. The minimum Gasteiger partial charge on any atom is -0.351 e. The van der Waals surface area contributed by atoms with Crippen LogP contribution in [0, 0.1) is 17.2 Å². The van der Waals surface area contributed by atoms with Crippen LogP contribution in [0.3, 0.4) is 0 Å².